The molecule has 0 radical (unpaired) electrons. The van der Waals surface area contributed by atoms with Crippen LogP contribution in [-0.4, -0.2) is 42.9 Å². The van der Waals surface area contributed by atoms with E-state index in [1.54, 1.807) is 0 Å². The molecule has 1 fully saturated rings. The predicted molar refractivity (Wildman–Crippen MR) is 70.8 cm³/mol. The SMILES string of the molecule is CCNCC(C)C(=O)N1CCC(CC(N)=O)CC1. The van der Waals surface area contributed by atoms with Gasteiger partial charge >= 0.3 is 0 Å². The molecule has 1 aliphatic heterocycles. The molecule has 0 spiro atoms. The lowest BCUT2D eigenvalue weighted by atomic mass is 9.92. The van der Waals surface area contributed by atoms with Gasteiger partial charge in [-0.25, -0.2) is 0 Å². The average molecular weight is 255 g/mol. The number of nitrogens with one attached hydrogen (secondary N) is 1. The third-order valence-corrected chi connectivity index (χ3v) is 3.54. The number of amides is 2. The number of likely N-dealkylation sites (tertiary alicyclic amines) is 1. The quantitative estimate of drug-likeness (QED) is 0.719. The fourth-order valence-electron chi connectivity index (χ4n) is 2.40. The van der Waals surface area contributed by atoms with Gasteiger partial charge in [-0.1, -0.05) is 13.8 Å². The van der Waals surface area contributed by atoms with Gasteiger partial charge in [-0.3, -0.25) is 9.59 Å². The number of primary amides is 1. The predicted octanol–water partition coefficient (Wildman–Crippen LogP) is 0.346. The van der Waals surface area contributed by atoms with E-state index in [-0.39, 0.29) is 17.7 Å². The van der Waals surface area contributed by atoms with Crippen molar-refractivity contribution in [2.45, 2.75) is 33.1 Å². The van der Waals surface area contributed by atoms with E-state index in [1.165, 1.54) is 0 Å². The van der Waals surface area contributed by atoms with Gasteiger partial charge in [-0.05, 0) is 25.3 Å². The lowest BCUT2D eigenvalue weighted by molar-refractivity contribution is -0.136. The Morgan fingerprint density at radius 1 is 1.39 bits per heavy atom. The van der Waals surface area contributed by atoms with E-state index in [0.717, 1.165) is 39.0 Å². The molecule has 5 nitrogen and oxygen atoms in total. The summed E-state index contributed by atoms with van der Waals surface area (Å²) >= 11 is 0. The van der Waals surface area contributed by atoms with E-state index in [1.807, 2.05) is 18.7 Å². The number of rotatable bonds is 6. The average Bonchev–Trinajstić information content (AvgIpc) is 2.35. The molecule has 0 aromatic rings. The van der Waals surface area contributed by atoms with Gasteiger partial charge in [0.25, 0.3) is 0 Å². The van der Waals surface area contributed by atoms with Crippen molar-refractivity contribution in [2.24, 2.45) is 17.6 Å². The fourth-order valence-corrected chi connectivity index (χ4v) is 2.40. The number of hydrogen-bond acceptors (Lipinski definition) is 3. The maximum Gasteiger partial charge on any atom is 0.226 e. The molecule has 1 aliphatic rings. The maximum absolute atomic E-state index is 12.1. The fraction of sp³-hybridized carbons (Fsp3) is 0.846. The number of nitrogens with two attached hydrogens (primary N) is 1. The molecule has 0 saturated carbocycles. The smallest absolute Gasteiger partial charge is 0.226 e. The number of nitrogens with zero attached hydrogens (tertiary/aromatic N) is 1. The van der Waals surface area contributed by atoms with Gasteiger partial charge in [0.15, 0.2) is 0 Å². The largest absolute Gasteiger partial charge is 0.370 e. The van der Waals surface area contributed by atoms with Crippen molar-refractivity contribution in [2.75, 3.05) is 26.2 Å². The second-order valence-electron chi connectivity index (χ2n) is 5.15. The Labute approximate surface area is 109 Å². The zero-order valence-electron chi connectivity index (χ0n) is 11.4. The van der Waals surface area contributed by atoms with Gasteiger partial charge in [-0.15, -0.1) is 0 Å². The van der Waals surface area contributed by atoms with Crippen LogP contribution >= 0.6 is 0 Å². The van der Waals surface area contributed by atoms with Gasteiger partial charge < -0.3 is 16.0 Å². The van der Waals surface area contributed by atoms with Crippen molar-refractivity contribution in [1.82, 2.24) is 10.2 Å². The maximum atomic E-state index is 12.1. The first kappa shape index (κ1) is 15.0. The van der Waals surface area contributed by atoms with E-state index in [2.05, 4.69) is 5.32 Å². The van der Waals surface area contributed by atoms with Gasteiger partial charge in [-0.2, -0.15) is 0 Å². The number of piperidine rings is 1. The molecule has 1 unspecified atom stereocenters. The highest BCUT2D eigenvalue weighted by Gasteiger charge is 2.26. The summed E-state index contributed by atoms with van der Waals surface area (Å²) in [5, 5.41) is 3.19. The molecular formula is C13H25N3O2. The highest BCUT2D eigenvalue weighted by atomic mass is 16.2. The molecule has 3 N–H and O–H groups in total. The van der Waals surface area contributed by atoms with E-state index in [4.69, 9.17) is 5.73 Å². The summed E-state index contributed by atoms with van der Waals surface area (Å²) < 4.78 is 0. The van der Waals surface area contributed by atoms with Crippen molar-refractivity contribution in [3.63, 3.8) is 0 Å². The first-order valence-corrected chi connectivity index (χ1v) is 6.82. The monoisotopic (exact) mass is 255 g/mol. The first-order valence-electron chi connectivity index (χ1n) is 6.82. The summed E-state index contributed by atoms with van der Waals surface area (Å²) in [5.74, 6) is 0.363. The van der Waals surface area contributed by atoms with E-state index < -0.39 is 0 Å². The first-order chi connectivity index (χ1) is 8.54. The van der Waals surface area contributed by atoms with Crippen molar-refractivity contribution < 1.29 is 9.59 Å². The van der Waals surface area contributed by atoms with Crippen LogP contribution in [0.3, 0.4) is 0 Å². The summed E-state index contributed by atoms with van der Waals surface area (Å²) in [6, 6.07) is 0. The third-order valence-electron chi connectivity index (χ3n) is 3.54. The minimum atomic E-state index is -0.236. The molecule has 18 heavy (non-hydrogen) atoms. The Balaban J connectivity index is 2.33. The standard InChI is InChI=1S/C13H25N3O2/c1-3-15-9-10(2)13(18)16-6-4-11(5-7-16)8-12(14)17/h10-11,15H,3-9H2,1-2H3,(H2,14,17). The van der Waals surface area contributed by atoms with Crippen LogP contribution in [0.2, 0.25) is 0 Å². The molecule has 1 atom stereocenters. The lowest BCUT2D eigenvalue weighted by Gasteiger charge is -2.33. The summed E-state index contributed by atoms with van der Waals surface area (Å²) in [7, 11) is 0. The van der Waals surface area contributed by atoms with Crippen LogP contribution in [-0.2, 0) is 9.59 Å². The summed E-state index contributed by atoms with van der Waals surface area (Å²) in [6.07, 6.45) is 2.24. The van der Waals surface area contributed by atoms with Crippen LogP contribution in [0, 0.1) is 11.8 Å². The molecule has 104 valence electrons. The minimum Gasteiger partial charge on any atom is -0.370 e. The third kappa shape index (κ3) is 4.64. The van der Waals surface area contributed by atoms with E-state index >= 15 is 0 Å². The Morgan fingerprint density at radius 2 is 2.00 bits per heavy atom. The van der Waals surface area contributed by atoms with Crippen LogP contribution in [0.15, 0.2) is 0 Å². The van der Waals surface area contributed by atoms with E-state index in [9.17, 15) is 9.59 Å². The highest BCUT2D eigenvalue weighted by Crippen LogP contribution is 2.21. The molecule has 5 heteroatoms. The Hall–Kier alpha value is -1.10. The normalized spacial score (nSPS) is 18.7. The zero-order valence-corrected chi connectivity index (χ0v) is 11.4. The molecule has 0 aliphatic carbocycles. The van der Waals surface area contributed by atoms with Crippen molar-refractivity contribution in [3.05, 3.63) is 0 Å². The van der Waals surface area contributed by atoms with E-state index in [0.29, 0.717) is 12.3 Å². The van der Waals surface area contributed by atoms with Gasteiger partial charge in [0.2, 0.25) is 11.8 Å². The molecule has 1 saturated heterocycles. The second-order valence-corrected chi connectivity index (χ2v) is 5.15. The number of hydrogen-bond donors (Lipinski definition) is 2. The van der Waals surface area contributed by atoms with Crippen molar-refractivity contribution >= 4 is 11.8 Å². The highest BCUT2D eigenvalue weighted by molar-refractivity contribution is 5.79. The van der Waals surface area contributed by atoms with Gasteiger partial charge in [0, 0.05) is 32.0 Å². The summed E-state index contributed by atoms with van der Waals surface area (Å²) in [6.45, 7) is 7.13. The van der Waals surface area contributed by atoms with Crippen molar-refractivity contribution in [1.29, 1.82) is 0 Å². The molecule has 0 aromatic carbocycles. The van der Waals surface area contributed by atoms with Gasteiger partial charge in [0.1, 0.15) is 0 Å². The Bertz CT molecular complexity index is 286. The lowest BCUT2D eigenvalue weighted by Crippen LogP contribution is -2.43. The van der Waals surface area contributed by atoms with Crippen LogP contribution in [0.1, 0.15) is 33.1 Å². The van der Waals surface area contributed by atoms with Crippen LogP contribution in [0.5, 0.6) is 0 Å². The summed E-state index contributed by atoms with van der Waals surface area (Å²) in [4.78, 5) is 24.9. The second kappa shape index (κ2) is 7.36. The van der Waals surface area contributed by atoms with Crippen LogP contribution in [0.25, 0.3) is 0 Å². The van der Waals surface area contributed by atoms with Gasteiger partial charge in [0.05, 0.1) is 0 Å². The topological polar surface area (TPSA) is 75.4 Å². The molecule has 1 rings (SSSR count). The van der Waals surface area contributed by atoms with Crippen molar-refractivity contribution in [3.8, 4) is 0 Å². The molecule has 0 bridgehead atoms. The molecular weight excluding hydrogens is 230 g/mol. The molecule has 1 heterocycles. The van der Waals surface area contributed by atoms with Crippen LogP contribution < -0.4 is 11.1 Å². The minimum absolute atomic E-state index is 0.0256. The molecule has 2 amide bonds. The Kier molecular flexibility index (Phi) is 6.12. The molecule has 0 aromatic heterocycles. The summed E-state index contributed by atoms with van der Waals surface area (Å²) in [5.41, 5.74) is 5.19. The van der Waals surface area contributed by atoms with Crippen LogP contribution in [0.4, 0.5) is 0 Å². The zero-order chi connectivity index (χ0) is 13.5. The number of carbonyl (C=O) groups excluding carboxylic acids is 2. The Morgan fingerprint density at radius 3 is 2.50 bits per heavy atom. The number of carbonyl (C=O) groups is 2.